The Kier molecular flexibility index (Phi) is 11.7. The van der Waals surface area contributed by atoms with Gasteiger partial charge in [-0.15, -0.1) is 23.1 Å². The van der Waals surface area contributed by atoms with Gasteiger partial charge in [0.25, 0.3) is 11.8 Å². The van der Waals surface area contributed by atoms with E-state index < -0.39 is 17.1 Å². The lowest BCUT2D eigenvalue weighted by atomic mass is 10.0. The number of carbonyl (C=O) groups excluding carboxylic acids is 4. The van der Waals surface area contributed by atoms with Gasteiger partial charge in [0.05, 0.1) is 17.4 Å². The lowest BCUT2D eigenvalue weighted by Crippen LogP contribution is -2.33. The number of nitriles is 1. The summed E-state index contributed by atoms with van der Waals surface area (Å²) in [4.78, 5) is 57.5. The molecule has 0 fully saturated rings. The van der Waals surface area contributed by atoms with Gasteiger partial charge in [-0.25, -0.2) is 0 Å². The van der Waals surface area contributed by atoms with Crippen LogP contribution < -0.4 is 20.9 Å². The predicted molar refractivity (Wildman–Crippen MR) is 200 cm³/mol. The number of hydrogen-bond donors (Lipinski definition) is 3. The molecule has 2 heterocycles. The Morgan fingerprint density at radius 2 is 1.76 bits per heavy atom. The molecule has 1 unspecified atom stereocenters. The maximum atomic E-state index is 13.6. The molecular formula is C38H38N6O4S2. The third-order valence-electron chi connectivity index (χ3n) is 8.13. The van der Waals surface area contributed by atoms with Gasteiger partial charge in [0.1, 0.15) is 16.8 Å². The van der Waals surface area contributed by atoms with Crippen LogP contribution in [-0.4, -0.2) is 54.4 Å². The van der Waals surface area contributed by atoms with E-state index in [4.69, 9.17) is 0 Å². The molecule has 4 amide bonds. The molecule has 1 aliphatic heterocycles. The first-order valence-corrected chi connectivity index (χ1v) is 17.8. The second-order valence-electron chi connectivity index (χ2n) is 11.9. The van der Waals surface area contributed by atoms with Crippen LogP contribution in [-0.2, 0) is 27.3 Å². The Bertz CT molecular complexity index is 1970. The molecule has 0 bridgehead atoms. The van der Waals surface area contributed by atoms with Crippen molar-refractivity contribution in [3.05, 3.63) is 112 Å². The molecule has 1 aromatic heterocycles. The summed E-state index contributed by atoms with van der Waals surface area (Å²) in [6, 6.07) is 25.7. The molecule has 256 valence electrons. The monoisotopic (exact) mass is 706 g/mol. The van der Waals surface area contributed by atoms with Crippen molar-refractivity contribution in [3.63, 3.8) is 0 Å². The smallest absolute Gasteiger partial charge is 0.272 e. The Labute approximate surface area is 300 Å². The molecular weight excluding hydrogens is 669 g/mol. The summed E-state index contributed by atoms with van der Waals surface area (Å²) in [7, 11) is 3.88. The van der Waals surface area contributed by atoms with Crippen LogP contribution in [0.25, 0.3) is 6.08 Å². The fourth-order valence-corrected chi connectivity index (χ4v) is 7.61. The number of anilines is 3. The van der Waals surface area contributed by atoms with Gasteiger partial charge >= 0.3 is 0 Å². The van der Waals surface area contributed by atoms with Gasteiger partial charge in [0, 0.05) is 54.3 Å². The van der Waals surface area contributed by atoms with Crippen LogP contribution in [0.4, 0.5) is 16.4 Å². The maximum Gasteiger partial charge on any atom is 0.272 e. The lowest BCUT2D eigenvalue weighted by molar-refractivity contribution is -0.129. The zero-order valence-corrected chi connectivity index (χ0v) is 29.9. The minimum atomic E-state index is -0.507. The van der Waals surface area contributed by atoms with E-state index in [0.29, 0.717) is 47.7 Å². The zero-order valence-electron chi connectivity index (χ0n) is 28.3. The highest BCUT2D eigenvalue weighted by atomic mass is 32.2. The van der Waals surface area contributed by atoms with E-state index in [1.807, 2.05) is 62.3 Å². The van der Waals surface area contributed by atoms with Crippen LogP contribution in [0, 0.1) is 11.3 Å². The topological polar surface area (TPSA) is 135 Å². The minimum absolute atomic E-state index is 0.0203. The summed E-state index contributed by atoms with van der Waals surface area (Å²) in [5, 5.41) is 18.6. The Hall–Kier alpha value is -5.38. The van der Waals surface area contributed by atoms with Crippen LogP contribution in [0.15, 0.2) is 89.5 Å². The van der Waals surface area contributed by atoms with Crippen molar-refractivity contribution in [1.29, 1.82) is 5.26 Å². The summed E-state index contributed by atoms with van der Waals surface area (Å²) in [5.74, 6) is -1.18. The van der Waals surface area contributed by atoms with E-state index in [-0.39, 0.29) is 17.5 Å². The maximum absolute atomic E-state index is 13.6. The summed E-state index contributed by atoms with van der Waals surface area (Å²) < 4.78 is 0. The van der Waals surface area contributed by atoms with E-state index in [9.17, 15) is 24.4 Å². The van der Waals surface area contributed by atoms with Crippen LogP contribution in [0.2, 0.25) is 0 Å². The molecule has 1 atom stereocenters. The largest absolute Gasteiger partial charge is 0.378 e. The molecule has 0 radical (unpaired) electrons. The fourth-order valence-electron chi connectivity index (χ4n) is 5.38. The molecule has 0 saturated carbocycles. The van der Waals surface area contributed by atoms with E-state index in [1.54, 1.807) is 53.4 Å². The molecule has 50 heavy (non-hydrogen) atoms. The molecule has 1 aliphatic rings. The molecule has 12 heteroatoms. The summed E-state index contributed by atoms with van der Waals surface area (Å²) in [6.07, 6.45) is 2.72. The lowest BCUT2D eigenvalue weighted by Gasteiger charge is -2.25. The number of nitrogens with one attached hydrogen (secondary N) is 3. The number of amides is 4. The van der Waals surface area contributed by atoms with Crippen molar-refractivity contribution >= 4 is 69.2 Å². The Morgan fingerprint density at radius 1 is 1.02 bits per heavy atom. The highest BCUT2D eigenvalue weighted by Crippen LogP contribution is 2.38. The second-order valence-corrected chi connectivity index (χ2v) is 14.2. The first-order valence-electron chi connectivity index (χ1n) is 16.1. The van der Waals surface area contributed by atoms with Gasteiger partial charge in [0.15, 0.2) is 0 Å². The number of thiophene rings is 1. The third kappa shape index (κ3) is 8.80. The Morgan fingerprint density at radius 3 is 2.42 bits per heavy atom. The number of carbonyl (C=O) groups is 4. The molecule has 0 aliphatic carbocycles. The number of fused-ring (bicyclic) bond motifs is 1. The van der Waals surface area contributed by atoms with Gasteiger partial charge in [-0.1, -0.05) is 43.3 Å². The van der Waals surface area contributed by atoms with Crippen LogP contribution in [0.3, 0.4) is 0 Å². The summed E-state index contributed by atoms with van der Waals surface area (Å²) in [5.41, 5.74) is 4.06. The first kappa shape index (κ1) is 35.9. The van der Waals surface area contributed by atoms with Crippen molar-refractivity contribution in [2.24, 2.45) is 0 Å². The average Bonchev–Trinajstić information content (AvgIpc) is 3.46. The molecule has 5 rings (SSSR count). The van der Waals surface area contributed by atoms with E-state index in [2.05, 4.69) is 22.0 Å². The van der Waals surface area contributed by atoms with Gasteiger partial charge < -0.3 is 25.8 Å². The number of benzene rings is 3. The van der Waals surface area contributed by atoms with Gasteiger partial charge in [0.2, 0.25) is 11.8 Å². The molecule has 4 aromatic rings. The van der Waals surface area contributed by atoms with Crippen LogP contribution in [0.5, 0.6) is 0 Å². The standard InChI is InChI=1S/C38H38N6O4S2/c1-5-33(37(48)42-38-31(22-39)30-18-19-44(24(2)45)23-34(30)50-38)49-29-13-9-12-27(21-29)40-36(47)32(41-35(46)26-10-7-6-8-11-26)20-25-14-16-28(17-15-25)43(3)4/h6-17,20-21,33H,5,18-19,23H2,1-4H3,(H,40,47)(H,41,46)(H,42,48)/b32-20+. The van der Waals surface area contributed by atoms with E-state index in [1.165, 1.54) is 30.0 Å². The number of thioether (sulfide) groups is 1. The second kappa shape index (κ2) is 16.3. The third-order valence-corrected chi connectivity index (χ3v) is 10.6. The number of nitrogens with zero attached hydrogens (tertiary/aromatic N) is 3. The quantitative estimate of drug-likeness (QED) is 0.120. The molecule has 3 aromatic carbocycles. The highest BCUT2D eigenvalue weighted by Gasteiger charge is 2.28. The number of hydrogen-bond acceptors (Lipinski definition) is 8. The molecule has 10 nitrogen and oxygen atoms in total. The van der Waals surface area contributed by atoms with Crippen molar-refractivity contribution in [3.8, 4) is 6.07 Å². The van der Waals surface area contributed by atoms with Crippen molar-refractivity contribution < 1.29 is 19.2 Å². The van der Waals surface area contributed by atoms with Gasteiger partial charge in [-0.05, 0) is 72.5 Å². The average molecular weight is 707 g/mol. The number of rotatable bonds is 11. The molecule has 3 N–H and O–H groups in total. The highest BCUT2D eigenvalue weighted by molar-refractivity contribution is 8.00. The van der Waals surface area contributed by atoms with E-state index in [0.717, 1.165) is 26.6 Å². The minimum Gasteiger partial charge on any atom is -0.378 e. The fraction of sp³-hybridized carbons (Fsp3) is 0.237. The van der Waals surface area contributed by atoms with Gasteiger partial charge in [-0.2, -0.15) is 5.26 Å². The van der Waals surface area contributed by atoms with Crippen molar-refractivity contribution in [2.75, 3.05) is 36.2 Å². The Balaban J connectivity index is 1.31. The SMILES string of the molecule is CCC(Sc1cccc(NC(=O)/C(=C\c2ccc(N(C)C)cc2)NC(=O)c2ccccc2)c1)C(=O)Nc1sc2c(c1C#N)CCN(C(C)=O)C2. The summed E-state index contributed by atoms with van der Waals surface area (Å²) in [6.45, 7) is 4.42. The van der Waals surface area contributed by atoms with Crippen molar-refractivity contribution in [2.45, 2.75) is 43.4 Å². The molecule has 0 spiro atoms. The summed E-state index contributed by atoms with van der Waals surface area (Å²) >= 11 is 2.69. The van der Waals surface area contributed by atoms with Crippen LogP contribution >= 0.6 is 23.1 Å². The van der Waals surface area contributed by atoms with Crippen LogP contribution in [0.1, 0.15) is 52.2 Å². The zero-order chi connectivity index (χ0) is 35.8. The van der Waals surface area contributed by atoms with Gasteiger partial charge in [-0.3, -0.25) is 19.2 Å². The predicted octanol–water partition coefficient (Wildman–Crippen LogP) is 6.51. The van der Waals surface area contributed by atoms with E-state index >= 15 is 0 Å². The van der Waals surface area contributed by atoms with Crippen molar-refractivity contribution in [1.82, 2.24) is 10.2 Å². The first-order chi connectivity index (χ1) is 24.1. The molecule has 0 saturated heterocycles. The normalized spacial score (nSPS) is 13.0.